The molecule has 1 aromatic carbocycles. The number of carbonyl (C=O) groups excluding carboxylic acids is 1. The van der Waals surface area contributed by atoms with Crippen LogP contribution in [0.25, 0.3) is 0 Å². The number of nitrogens with one attached hydrogen (secondary N) is 1. The number of rotatable bonds is 4. The minimum absolute atomic E-state index is 0.192. The van der Waals surface area contributed by atoms with Crippen LogP contribution in [-0.2, 0) is 4.79 Å². The molecule has 0 saturated heterocycles. The molecule has 0 spiro atoms. The third-order valence-corrected chi connectivity index (χ3v) is 5.33. The standard InChI is InChI=1S/C19H22N4O2S/c1-4-25-13-7-5-12(6-8-13)17-16-14(9-11(2)10-15(16)24)20-18-21-19(26-3)22-23(17)18/h5-8,11,17H,4,9-10H2,1-3H3,(H,20,21,22)/t11-,17+/m0/s1. The molecule has 0 unspecified atom stereocenters. The number of hydrogen-bond acceptors (Lipinski definition) is 6. The Morgan fingerprint density at radius 1 is 1.31 bits per heavy atom. The average Bonchev–Trinajstić information content (AvgIpc) is 3.03. The minimum atomic E-state index is -0.245. The number of Topliss-reactive ketones (excluding diaryl/α,β-unsaturated/α-hetero) is 1. The molecule has 2 atom stereocenters. The fraction of sp³-hybridized carbons (Fsp3) is 0.421. The second-order valence-electron chi connectivity index (χ2n) is 6.73. The monoisotopic (exact) mass is 370 g/mol. The molecule has 6 nitrogen and oxygen atoms in total. The summed E-state index contributed by atoms with van der Waals surface area (Å²) in [5.74, 6) is 2.06. The molecule has 0 bridgehead atoms. The van der Waals surface area contributed by atoms with Gasteiger partial charge in [0.1, 0.15) is 11.8 Å². The van der Waals surface area contributed by atoms with E-state index in [-0.39, 0.29) is 11.8 Å². The number of benzene rings is 1. The molecule has 26 heavy (non-hydrogen) atoms. The number of thioether (sulfide) groups is 1. The summed E-state index contributed by atoms with van der Waals surface area (Å²) in [4.78, 5) is 17.5. The predicted molar refractivity (Wildman–Crippen MR) is 102 cm³/mol. The Morgan fingerprint density at radius 3 is 2.77 bits per heavy atom. The van der Waals surface area contributed by atoms with Gasteiger partial charge in [-0.05, 0) is 43.2 Å². The van der Waals surface area contributed by atoms with E-state index in [1.807, 2.05) is 42.1 Å². The first-order chi connectivity index (χ1) is 12.6. The van der Waals surface area contributed by atoms with Crippen molar-refractivity contribution in [2.24, 2.45) is 5.92 Å². The van der Waals surface area contributed by atoms with Crippen LogP contribution in [0.2, 0.25) is 0 Å². The van der Waals surface area contributed by atoms with Gasteiger partial charge in [0.05, 0.1) is 6.61 Å². The highest BCUT2D eigenvalue weighted by Gasteiger charge is 2.38. The summed E-state index contributed by atoms with van der Waals surface area (Å²) in [7, 11) is 0. The van der Waals surface area contributed by atoms with E-state index in [0.29, 0.717) is 30.1 Å². The number of ether oxygens (including phenoxy) is 1. The molecule has 136 valence electrons. The maximum Gasteiger partial charge on any atom is 0.227 e. The summed E-state index contributed by atoms with van der Waals surface area (Å²) in [6, 6.07) is 7.68. The quantitative estimate of drug-likeness (QED) is 0.828. The van der Waals surface area contributed by atoms with Gasteiger partial charge >= 0.3 is 0 Å². The van der Waals surface area contributed by atoms with E-state index < -0.39 is 0 Å². The lowest BCUT2D eigenvalue weighted by molar-refractivity contribution is -0.117. The highest BCUT2D eigenvalue weighted by atomic mass is 32.2. The first-order valence-corrected chi connectivity index (χ1v) is 10.1. The van der Waals surface area contributed by atoms with E-state index in [1.54, 1.807) is 0 Å². The average molecular weight is 370 g/mol. The molecule has 2 heterocycles. The van der Waals surface area contributed by atoms with Crippen molar-refractivity contribution in [3.05, 3.63) is 41.1 Å². The van der Waals surface area contributed by atoms with Crippen molar-refractivity contribution in [3.8, 4) is 5.75 Å². The normalized spacial score (nSPS) is 21.9. The SMILES string of the molecule is CCOc1ccc([C@@H]2C3=C(C[C@H](C)CC3=O)Nc3nc(SC)nn32)cc1. The van der Waals surface area contributed by atoms with Crippen LogP contribution in [0.3, 0.4) is 0 Å². The molecule has 0 radical (unpaired) electrons. The molecule has 0 amide bonds. The highest BCUT2D eigenvalue weighted by molar-refractivity contribution is 7.98. The van der Waals surface area contributed by atoms with E-state index in [2.05, 4.69) is 22.3 Å². The molecule has 1 N–H and O–H groups in total. The Morgan fingerprint density at radius 2 is 2.08 bits per heavy atom. The van der Waals surface area contributed by atoms with E-state index in [9.17, 15) is 4.79 Å². The number of aromatic nitrogens is 3. The van der Waals surface area contributed by atoms with Crippen LogP contribution >= 0.6 is 11.8 Å². The van der Waals surface area contributed by atoms with Gasteiger partial charge in [0.2, 0.25) is 11.1 Å². The van der Waals surface area contributed by atoms with Gasteiger partial charge in [0, 0.05) is 17.7 Å². The van der Waals surface area contributed by atoms with Crippen LogP contribution in [0.5, 0.6) is 5.75 Å². The number of ketones is 1. The molecule has 1 aliphatic heterocycles. The second kappa shape index (κ2) is 6.79. The van der Waals surface area contributed by atoms with E-state index in [0.717, 1.165) is 29.0 Å². The van der Waals surface area contributed by atoms with Crippen molar-refractivity contribution in [1.82, 2.24) is 14.8 Å². The maximum absolute atomic E-state index is 12.9. The van der Waals surface area contributed by atoms with Gasteiger partial charge in [-0.3, -0.25) is 4.79 Å². The smallest absolute Gasteiger partial charge is 0.227 e. The van der Waals surface area contributed by atoms with Crippen LogP contribution in [0.1, 0.15) is 38.3 Å². The fourth-order valence-electron chi connectivity index (χ4n) is 3.69. The largest absolute Gasteiger partial charge is 0.494 e. The van der Waals surface area contributed by atoms with Crippen LogP contribution in [-0.4, -0.2) is 33.4 Å². The fourth-order valence-corrected chi connectivity index (χ4v) is 4.04. The van der Waals surface area contributed by atoms with Gasteiger partial charge in [-0.1, -0.05) is 30.8 Å². The maximum atomic E-state index is 12.9. The van der Waals surface area contributed by atoms with Crippen LogP contribution in [0.15, 0.2) is 40.7 Å². The summed E-state index contributed by atoms with van der Waals surface area (Å²) < 4.78 is 7.39. The Bertz CT molecular complexity index is 872. The number of nitrogens with zero attached hydrogens (tertiary/aromatic N) is 3. The summed E-state index contributed by atoms with van der Waals surface area (Å²) in [6.45, 7) is 4.70. The molecular formula is C19H22N4O2S. The molecule has 1 aliphatic carbocycles. The Hall–Kier alpha value is -2.28. The third kappa shape index (κ3) is 2.90. The first kappa shape index (κ1) is 17.1. The number of hydrogen-bond donors (Lipinski definition) is 1. The molecule has 2 aliphatic rings. The van der Waals surface area contributed by atoms with E-state index in [1.165, 1.54) is 11.8 Å². The number of allylic oxidation sites excluding steroid dienone is 2. The Kier molecular flexibility index (Phi) is 4.48. The zero-order valence-corrected chi connectivity index (χ0v) is 16.0. The van der Waals surface area contributed by atoms with Crippen molar-refractivity contribution in [2.75, 3.05) is 18.2 Å². The second-order valence-corrected chi connectivity index (χ2v) is 7.50. The van der Waals surface area contributed by atoms with E-state index >= 15 is 0 Å². The third-order valence-electron chi connectivity index (χ3n) is 4.79. The van der Waals surface area contributed by atoms with Crippen molar-refractivity contribution < 1.29 is 9.53 Å². The Balaban J connectivity index is 1.82. The molecule has 4 rings (SSSR count). The molecular weight excluding hydrogens is 348 g/mol. The van der Waals surface area contributed by atoms with Crippen molar-refractivity contribution in [2.45, 2.75) is 37.9 Å². The van der Waals surface area contributed by atoms with Crippen LogP contribution < -0.4 is 10.1 Å². The predicted octanol–water partition coefficient (Wildman–Crippen LogP) is 3.67. The molecule has 0 saturated carbocycles. The molecule has 1 aromatic heterocycles. The number of fused-ring (bicyclic) bond motifs is 1. The van der Waals surface area contributed by atoms with Gasteiger partial charge in [0.25, 0.3) is 0 Å². The van der Waals surface area contributed by atoms with Crippen molar-refractivity contribution >= 4 is 23.5 Å². The topological polar surface area (TPSA) is 69.0 Å². The Labute approximate surface area is 157 Å². The van der Waals surface area contributed by atoms with Crippen molar-refractivity contribution in [1.29, 1.82) is 0 Å². The van der Waals surface area contributed by atoms with E-state index in [4.69, 9.17) is 4.74 Å². The highest BCUT2D eigenvalue weighted by Crippen LogP contribution is 2.41. The van der Waals surface area contributed by atoms with Gasteiger partial charge < -0.3 is 10.1 Å². The molecule has 0 fully saturated rings. The van der Waals surface area contributed by atoms with Crippen LogP contribution in [0, 0.1) is 5.92 Å². The summed E-state index contributed by atoms with van der Waals surface area (Å²) in [5.41, 5.74) is 2.82. The first-order valence-electron chi connectivity index (χ1n) is 8.87. The van der Waals surface area contributed by atoms with Gasteiger partial charge in [-0.2, -0.15) is 4.98 Å². The lowest BCUT2D eigenvalue weighted by Crippen LogP contribution is -2.33. The van der Waals surface area contributed by atoms with Gasteiger partial charge in [-0.15, -0.1) is 5.10 Å². The number of anilines is 1. The molecule has 2 aromatic rings. The summed E-state index contributed by atoms with van der Waals surface area (Å²) >= 11 is 1.50. The minimum Gasteiger partial charge on any atom is -0.494 e. The molecule has 7 heteroatoms. The lowest BCUT2D eigenvalue weighted by Gasteiger charge is -2.34. The number of carbonyl (C=O) groups is 1. The van der Waals surface area contributed by atoms with Gasteiger partial charge in [0.15, 0.2) is 5.78 Å². The van der Waals surface area contributed by atoms with Crippen molar-refractivity contribution in [3.63, 3.8) is 0 Å². The van der Waals surface area contributed by atoms with Gasteiger partial charge in [-0.25, -0.2) is 4.68 Å². The van der Waals surface area contributed by atoms with Crippen LogP contribution in [0.4, 0.5) is 5.95 Å². The zero-order valence-electron chi connectivity index (χ0n) is 15.2. The zero-order chi connectivity index (χ0) is 18.3. The lowest BCUT2D eigenvalue weighted by atomic mass is 9.81. The summed E-state index contributed by atoms with van der Waals surface area (Å²) in [5, 5.41) is 8.67. The summed E-state index contributed by atoms with van der Waals surface area (Å²) in [6.07, 6.45) is 3.39.